The normalized spacial score (nSPS) is 11.9. The lowest BCUT2D eigenvalue weighted by Crippen LogP contribution is -2.23. The number of rotatable bonds is 5. The number of ether oxygens (including phenoxy) is 1. The second kappa shape index (κ2) is 6.24. The molecule has 7 heteroatoms. The molecule has 0 bridgehead atoms. The van der Waals surface area contributed by atoms with Gasteiger partial charge in [-0.3, -0.25) is 0 Å². The molecule has 0 aliphatic rings. The Bertz CT molecular complexity index is 396. The molecule has 102 valence electrons. The second-order valence-electron chi connectivity index (χ2n) is 4.02. The first kappa shape index (κ1) is 15.0. The summed E-state index contributed by atoms with van der Waals surface area (Å²) in [6.45, 7) is 2.90. The van der Waals surface area contributed by atoms with Crippen LogP contribution in [0.1, 0.15) is 19.5 Å². The van der Waals surface area contributed by atoms with E-state index in [1.54, 1.807) is 0 Å². The lowest BCUT2D eigenvalue weighted by atomic mass is 10.3. The van der Waals surface area contributed by atoms with E-state index in [9.17, 15) is 13.2 Å². The SMILES string of the molecule is CC(C)NCc1nc(OCC(F)(F)F)ccc1Cl. The average Bonchev–Trinajstić information content (AvgIpc) is 2.25. The van der Waals surface area contributed by atoms with Gasteiger partial charge in [-0.05, 0) is 6.07 Å². The minimum Gasteiger partial charge on any atom is -0.468 e. The van der Waals surface area contributed by atoms with Gasteiger partial charge in [0.15, 0.2) is 6.61 Å². The van der Waals surface area contributed by atoms with Crippen LogP contribution in [0.5, 0.6) is 5.88 Å². The van der Waals surface area contributed by atoms with Crippen LogP contribution in [-0.2, 0) is 6.54 Å². The molecular formula is C11H14ClF3N2O. The fraction of sp³-hybridized carbons (Fsp3) is 0.545. The zero-order chi connectivity index (χ0) is 13.8. The highest BCUT2D eigenvalue weighted by atomic mass is 35.5. The summed E-state index contributed by atoms with van der Waals surface area (Å²) in [6, 6.07) is 3.01. The number of aromatic nitrogens is 1. The smallest absolute Gasteiger partial charge is 0.422 e. The number of halogens is 4. The number of alkyl halides is 3. The van der Waals surface area contributed by atoms with Gasteiger partial charge in [0.1, 0.15) is 0 Å². The van der Waals surface area contributed by atoms with Crippen molar-refractivity contribution in [2.45, 2.75) is 32.6 Å². The lowest BCUT2D eigenvalue weighted by Gasteiger charge is -2.12. The lowest BCUT2D eigenvalue weighted by molar-refractivity contribution is -0.154. The molecule has 1 N–H and O–H groups in total. The van der Waals surface area contributed by atoms with Crippen LogP contribution in [0.25, 0.3) is 0 Å². The molecule has 1 rings (SSSR count). The Morgan fingerprint density at radius 2 is 2.06 bits per heavy atom. The molecule has 0 aromatic carbocycles. The van der Waals surface area contributed by atoms with Crippen molar-refractivity contribution >= 4 is 11.6 Å². The van der Waals surface area contributed by atoms with E-state index < -0.39 is 12.8 Å². The molecule has 1 aromatic heterocycles. The Labute approximate surface area is 108 Å². The van der Waals surface area contributed by atoms with Gasteiger partial charge in [0.25, 0.3) is 0 Å². The molecule has 3 nitrogen and oxygen atoms in total. The Balaban J connectivity index is 2.68. The number of hydrogen-bond donors (Lipinski definition) is 1. The van der Waals surface area contributed by atoms with E-state index in [2.05, 4.69) is 15.0 Å². The van der Waals surface area contributed by atoms with Crippen molar-refractivity contribution in [3.63, 3.8) is 0 Å². The van der Waals surface area contributed by atoms with Crippen LogP contribution in [0.4, 0.5) is 13.2 Å². The van der Waals surface area contributed by atoms with Crippen molar-refractivity contribution in [2.24, 2.45) is 0 Å². The summed E-state index contributed by atoms with van der Waals surface area (Å²) >= 11 is 5.89. The van der Waals surface area contributed by atoms with E-state index in [1.165, 1.54) is 12.1 Å². The zero-order valence-electron chi connectivity index (χ0n) is 10.0. The summed E-state index contributed by atoms with van der Waals surface area (Å²) in [6.07, 6.45) is -4.38. The Hall–Kier alpha value is -1.01. The molecule has 0 atom stereocenters. The number of hydrogen-bond acceptors (Lipinski definition) is 3. The fourth-order valence-electron chi connectivity index (χ4n) is 1.13. The van der Waals surface area contributed by atoms with Gasteiger partial charge in [-0.1, -0.05) is 25.4 Å². The van der Waals surface area contributed by atoms with E-state index >= 15 is 0 Å². The monoisotopic (exact) mass is 282 g/mol. The van der Waals surface area contributed by atoms with Crippen LogP contribution >= 0.6 is 11.6 Å². The van der Waals surface area contributed by atoms with E-state index in [0.717, 1.165) is 0 Å². The molecule has 0 saturated heterocycles. The van der Waals surface area contributed by atoms with Crippen molar-refractivity contribution in [3.8, 4) is 5.88 Å². The van der Waals surface area contributed by atoms with Gasteiger partial charge in [-0.15, -0.1) is 0 Å². The summed E-state index contributed by atoms with van der Waals surface area (Å²) in [5.74, 6) is -0.0859. The van der Waals surface area contributed by atoms with Gasteiger partial charge < -0.3 is 10.1 Å². The van der Waals surface area contributed by atoms with Crippen LogP contribution in [0.2, 0.25) is 5.02 Å². The van der Waals surface area contributed by atoms with Crippen LogP contribution in [0, 0.1) is 0 Å². The summed E-state index contributed by atoms with van der Waals surface area (Å²) in [7, 11) is 0. The molecule has 0 unspecified atom stereocenters. The number of pyridine rings is 1. The largest absolute Gasteiger partial charge is 0.468 e. The Kier molecular flexibility index (Phi) is 5.22. The molecule has 0 aliphatic heterocycles. The quantitative estimate of drug-likeness (QED) is 0.901. The standard InChI is InChI=1S/C11H14ClF3N2O/c1-7(2)16-5-9-8(12)3-4-10(17-9)18-6-11(13,14)15/h3-4,7,16H,5-6H2,1-2H3. The maximum absolute atomic E-state index is 12.0. The van der Waals surface area contributed by atoms with E-state index in [-0.39, 0.29) is 11.9 Å². The highest BCUT2D eigenvalue weighted by Gasteiger charge is 2.28. The van der Waals surface area contributed by atoms with Gasteiger partial charge in [0, 0.05) is 18.7 Å². The minimum atomic E-state index is -4.38. The zero-order valence-corrected chi connectivity index (χ0v) is 10.8. The molecule has 18 heavy (non-hydrogen) atoms. The van der Waals surface area contributed by atoms with E-state index in [1.807, 2.05) is 13.8 Å². The number of nitrogens with zero attached hydrogens (tertiary/aromatic N) is 1. The number of nitrogens with one attached hydrogen (secondary N) is 1. The molecule has 0 amide bonds. The third-order valence-electron chi connectivity index (χ3n) is 1.95. The molecule has 1 heterocycles. The first-order valence-electron chi connectivity index (χ1n) is 5.36. The Morgan fingerprint density at radius 1 is 1.39 bits per heavy atom. The fourth-order valence-corrected chi connectivity index (χ4v) is 1.30. The first-order valence-corrected chi connectivity index (χ1v) is 5.74. The third kappa shape index (κ3) is 5.55. The second-order valence-corrected chi connectivity index (χ2v) is 4.42. The van der Waals surface area contributed by atoms with E-state index in [0.29, 0.717) is 17.3 Å². The predicted octanol–water partition coefficient (Wildman–Crippen LogP) is 3.17. The predicted molar refractivity (Wildman–Crippen MR) is 62.8 cm³/mol. The highest BCUT2D eigenvalue weighted by Crippen LogP contribution is 2.20. The van der Waals surface area contributed by atoms with E-state index in [4.69, 9.17) is 11.6 Å². The highest BCUT2D eigenvalue weighted by molar-refractivity contribution is 6.31. The summed E-state index contributed by atoms with van der Waals surface area (Å²) in [5.41, 5.74) is 0.463. The van der Waals surface area contributed by atoms with Crippen molar-refractivity contribution in [3.05, 3.63) is 22.8 Å². The summed E-state index contributed by atoms with van der Waals surface area (Å²) in [4.78, 5) is 3.93. The first-order chi connectivity index (χ1) is 8.28. The van der Waals surface area contributed by atoms with Gasteiger partial charge >= 0.3 is 6.18 Å². The van der Waals surface area contributed by atoms with Gasteiger partial charge in [-0.25, -0.2) is 4.98 Å². The van der Waals surface area contributed by atoms with Crippen LogP contribution in [0.15, 0.2) is 12.1 Å². The molecule has 1 aromatic rings. The molecular weight excluding hydrogens is 269 g/mol. The maximum Gasteiger partial charge on any atom is 0.422 e. The average molecular weight is 283 g/mol. The van der Waals surface area contributed by atoms with Gasteiger partial charge in [-0.2, -0.15) is 13.2 Å². The molecule has 0 fully saturated rings. The van der Waals surface area contributed by atoms with Crippen molar-refractivity contribution in [1.29, 1.82) is 0 Å². The van der Waals surface area contributed by atoms with Gasteiger partial charge in [0.2, 0.25) is 5.88 Å². The molecule has 0 aliphatic carbocycles. The van der Waals surface area contributed by atoms with Crippen molar-refractivity contribution in [1.82, 2.24) is 10.3 Å². The van der Waals surface area contributed by atoms with Gasteiger partial charge in [0.05, 0.1) is 10.7 Å². The minimum absolute atomic E-state index is 0.0859. The molecule has 0 saturated carbocycles. The molecule has 0 spiro atoms. The maximum atomic E-state index is 12.0. The van der Waals surface area contributed by atoms with Crippen molar-refractivity contribution < 1.29 is 17.9 Å². The van der Waals surface area contributed by atoms with Crippen LogP contribution in [-0.4, -0.2) is 23.8 Å². The summed E-state index contributed by atoms with van der Waals surface area (Å²) in [5, 5.41) is 3.47. The van der Waals surface area contributed by atoms with Crippen molar-refractivity contribution in [2.75, 3.05) is 6.61 Å². The molecule has 0 radical (unpaired) electrons. The van der Waals surface area contributed by atoms with Crippen LogP contribution in [0.3, 0.4) is 0 Å². The topological polar surface area (TPSA) is 34.2 Å². The third-order valence-corrected chi connectivity index (χ3v) is 2.30. The Morgan fingerprint density at radius 3 is 2.61 bits per heavy atom. The summed E-state index contributed by atoms with van der Waals surface area (Å²) < 4.78 is 40.5. The van der Waals surface area contributed by atoms with Crippen LogP contribution < -0.4 is 10.1 Å².